The van der Waals surface area contributed by atoms with Crippen LogP contribution in [-0.4, -0.2) is 68.2 Å². The van der Waals surface area contributed by atoms with Crippen LogP contribution in [0.4, 0.5) is 4.79 Å². The Morgan fingerprint density at radius 1 is 1.09 bits per heavy atom. The lowest BCUT2D eigenvalue weighted by Gasteiger charge is -2.24. The van der Waals surface area contributed by atoms with Gasteiger partial charge < -0.3 is 30.0 Å². The molecule has 0 bridgehead atoms. The Hall–Kier alpha value is -3.43. The van der Waals surface area contributed by atoms with E-state index in [-0.39, 0.29) is 25.0 Å². The van der Waals surface area contributed by atoms with Crippen LogP contribution in [0.15, 0.2) is 48.5 Å². The molecular weight excluding hydrogens is 452 g/mol. The van der Waals surface area contributed by atoms with Crippen molar-refractivity contribution < 1.29 is 33.7 Å². The van der Waals surface area contributed by atoms with Crippen LogP contribution in [0.3, 0.4) is 0 Å². The second-order valence-corrected chi connectivity index (χ2v) is 8.81. The predicted molar refractivity (Wildman–Crippen MR) is 127 cm³/mol. The molecule has 0 radical (unpaired) electrons. The molecule has 2 amide bonds. The first-order valence-corrected chi connectivity index (χ1v) is 11.7. The lowest BCUT2D eigenvalue weighted by atomic mass is 9.98. The van der Waals surface area contributed by atoms with Crippen molar-refractivity contribution in [3.63, 3.8) is 0 Å². The first kappa shape index (κ1) is 24.7. The van der Waals surface area contributed by atoms with Crippen LogP contribution in [0, 0.1) is 5.92 Å². The smallest absolute Gasteiger partial charge is 0.407 e. The number of ether oxygens (including phenoxy) is 3. The SMILES string of the molecule is COC(C)C(NC(=O)OCC1c2ccccc2-c2ccccc21)C(=O)NC[C@@H]1CCO[C@@H]1C(=O)O. The summed E-state index contributed by atoms with van der Waals surface area (Å²) < 4.78 is 16.1. The third kappa shape index (κ3) is 5.31. The van der Waals surface area contributed by atoms with Crippen molar-refractivity contribution in [1.29, 1.82) is 0 Å². The summed E-state index contributed by atoms with van der Waals surface area (Å²) in [5.74, 6) is -1.98. The molecule has 1 fully saturated rings. The Balaban J connectivity index is 1.37. The highest BCUT2D eigenvalue weighted by Gasteiger charge is 2.36. The minimum Gasteiger partial charge on any atom is -0.479 e. The highest BCUT2D eigenvalue weighted by atomic mass is 16.5. The van der Waals surface area contributed by atoms with Crippen LogP contribution in [0.2, 0.25) is 0 Å². The zero-order valence-electron chi connectivity index (χ0n) is 19.7. The van der Waals surface area contributed by atoms with Gasteiger partial charge in [0.25, 0.3) is 0 Å². The summed E-state index contributed by atoms with van der Waals surface area (Å²) in [7, 11) is 1.44. The van der Waals surface area contributed by atoms with Crippen molar-refractivity contribution in [2.24, 2.45) is 5.92 Å². The normalized spacial score (nSPS) is 20.4. The largest absolute Gasteiger partial charge is 0.479 e. The molecule has 4 atom stereocenters. The molecule has 9 nitrogen and oxygen atoms in total. The molecule has 0 aromatic heterocycles. The van der Waals surface area contributed by atoms with Gasteiger partial charge in [0.05, 0.1) is 6.10 Å². The van der Waals surface area contributed by atoms with Gasteiger partial charge in [0.15, 0.2) is 6.10 Å². The van der Waals surface area contributed by atoms with E-state index in [0.29, 0.717) is 13.0 Å². The molecule has 4 rings (SSSR count). The van der Waals surface area contributed by atoms with E-state index < -0.39 is 36.2 Å². The highest BCUT2D eigenvalue weighted by Crippen LogP contribution is 2.44. The van der Waals surface area contributed by atoms with Crippen LogP contribution in [0.25, 0.3) is 11.1 Å². The van der Waals surface area contributed by atoms with Gasteiger partial charge in [-0.2, -0.15) is 0 Å². The first-order valence-electron chi connectivity index (χ1n) is 11.7. The fourth-order valence-corrected chi connectivity index (χ4v) is 4.76. The van der Waals surface area contributed by atoms with Crippen molar-refractivity contribution in [2.45, 2.75) is 37.5 Å². The second kappa shape index (κ2) is 10.9. The quantitative estimate of drug-likeness (QED) is 0.502. The highest BCUT2D eigenvalue weighted by molar-refractivity contribution is 5.86. The zero-order chi connectivity index (χ0) is 24.9. The number of carboxylic acid groups (broad SMARTS) is 1. The molecular formula is C26H30N2O7. The molecule has 1 saturated heterocycles. The van der Waals surface area contributed by atoms with E-state index in [9.17, 15) is 19.5 Å². The van der Waals surface area contributed by atoms with Gasteiger partial charge in [-0.25, -0.2) is 9.59 Å². The standard InChI is InChI=1S/C26H30N2O7/c1-15(33-2)22(24(29)27-13-16-11-12-34-23(16)25(30)31)28-26(32)35-14-21-19-9-5-3-7-17(19)18-8-4-6-10-20(18)21/h3-10,15-16,21-23H,11-14H2,1-2H3,(H,27,29)(H,28,32)(H,30,31)/t15?,16-,22?,23-/m0/s1. The number of amides is 2. The first-order chi connectivity index (χ1) is 16.9. The van der Waals surface area contributed by atoms with Crippen molar-refractivity contribution in [3.8, 4) is 11.1 Å². The summed E-state index contributed by atoms with van der Waals surface area (Å²) in [6.07, 6.45) is -1.79. The molecule has 0 saturated carbocycles. The minimum absolute atomic E-state index is 0.101. The van der Waals surface area contributed by atoms with E-state index in [4.69, 9.17) is 14.2 Å². The molecule has 2 aromatic carbocycles. The van der Waals surface area contributed by atoms with Gasteiger partial charge in [0.2, 0.25) is 5.91 Å². The number of rotatable bonds is 9. The molecule has 35 heavy (non-hydrogen) atoms. The van der Waals surface area contributed by atoms with E-state index in [2.05, 4.69) is 22.8 Å². The number of aliphatic carboxylic acids is 1. The van der Waals surface area contributed by atoms with Gasteiger partial charge in [0.1, 0.15) is 12.6 Å². The third-order valence-corrected chi connectivity index (χ3v) is 6.74. The number of carbonyl (C=O) groups is 3. The summed E-state index contributed by atoms with van der Waals surface area (Å²) in [6, 6.07) is 15.0. The van der Waals surface area contributed by atoms with Crippen LogP contribution < -0.4 is 10.6 Å². The molecule has 1 aliphatic carbocycles. The average molecular weight is 483 g/mol. The molecule has 1 aliphatic heterocycles. The van der Waals surface area contributed by atoms with Crippen LogP contribution in [0.1, 0.15) is 30.4 Å². The number of methoxy groups -OCH3 is 1. The summed E-state index contributed by atoms with van der Waals surface area (Å²) in [4.78, 5) is 36.8. The van der Waals surface area contributed by atoms with Crippen molar-refractivity contribution in [1.82, 2.24) is 10.6 Å². The van der Waals surface area contributed by atoms with Crippen molar-refractivity contribution >= 4 is 18.0 Å². The molecule has 3 N–H and O–H groups in total. The molecule has 1 heterocycles. The lowest BCUT2D eigenvalue weighted by molar-refractivity contribution is -0.149. The number of carboxylic acids is 1. The summed E-state index contributed by atoms with van der Waals surface area (Å²) in [5, 5.41) is 14.6. The topological polar surface area (TPSA) is 123 Å². The van der Waals surface area contributed by atoms with E-state index >= 15 is 0 Å². The van der Waals surface area contributed by atoms with Gasteiger partial charge in [0, 0.05) is 32.1 Å². The van der Waals surface area contributed by atoms with Gasteiger partial charge in [-0.1, -0.05) is 48.5 Å². The maximum Gasteiger partial charge on any atom is 0.407 e. The van der Waals surface area contributed by atoms with Gasteiger partial charge in [-0.05, 0) is 35.6 Å². The molecule has 2 aromatic rings. The molecule has 2 unspecified atom stereocenters. The van der Waals surface area contributed by atoms with Gasteiger partial charge in [-0.15, -0.1) is 0 Å². The zero-order valence-corrected chi connectivity index (χ0v) is 19.7. The fraction of sp³-hybridized carbons (Fsp3) is 0.423. The van der Waals surface area contributed by atoms with E-state index in [1.807, 2.05) is 36.4 Å². The maximum absolute atomic E-state index is 12.9. The van der Waals surface area contributed by atoms with Crippen LogP contribution in [-0.2, 0) is 23.8 Å². The number of alkyl carbamates (subject to hydrolysis) is 1. The molecule has 186 valence electrons. The number of nitrogens with one attached hydrogen (secondary N) is 2. The summed E-state index contributed by atoms with van der Waals surface area (Å²) >= 11 is 0. The number of fused-ring (bicyclic) bond motifs is 3. The number of benzene rings is 2. The Bertz CT molecular complexity index is 1040. The maximum atomic E-state index is 12.9. The average Bonchev–Trinajstić information content (AvgIpc) is 3.47. The van der Waals surface area contributed by atoms with E-state index in [1.165, 1.54) is 7.11 Å². The Kier molecular flexibility index (Phi) is 7.67. The van der Waals surface area contributed by atoms with Crippen molar-refractivity contribution in [2.75, 3.05) is 26.9 Å². The fourth-order valence-electron chi connectivity index (χ4n) is 4.76. The lowest BCUT2D eigenvalue weighted by Crippen LogP contribution is -2.54. The van der Waals surface area contributed by atoms with E-state index in [1.54, 1.807) is 6.92 Å². The number of carbonyl (C=O) groups excluding carboxylic acids is 2. The van der Waals surface area contributed by atoms with Crippen LogP contribution in [0.5, 0.6) is 0 Å². The minimum atomic E-state index is -1.06. The summed E-state index contributed by atoms with van der Waals surface area (Å²) in [6.45, 7) is 2.23. The number of hydrogen-bond acceptors (Lipinski definition) is 6. The molecule has 0 spiro atoms. The van der Waals surface area contributed by atoms with Crippen molar-refractivity contribution in [3.05, 3.63) is 59.7 Å². The Morgan fingerprint density at radius 3 is 2.31 bits per heavy atom. The van der Waals surface area contributed by atoms with Crippen LogP contribution >= 0.6 is 0 Å². The Morgan fingerprint density at radius 2 is 1.71 bits per heavy atom. The van der Waals surface area contributed by atoms with Gasteiger partial charge >= 0.3 is 12.1 Å². The predicted octanol–water partition coefficient (Wildman–Crippen LogP) is 2.53. The Labute approximate surface area is 203 Å². The monoisotopic (exact) mass is 482 g/mol. The third-order valence-electron chi connectivity index (χ3n) is 6.74. The molecule has 9 heteroatoms. The molecule has 2 aliphatic rings. The number of hydrogen-bond donors (Lipinski definition) is 3. The van der Waals surface area contributed by atoms with E-state index in [0.717, 1.165) is 22.3 Å². The van der Waals surface area contributed by atoms with Gasteiger partial charge in [-0.3, -0.25) is 4.79 Å². The second-order valence-electron chi connectivity index (χ2n) is 8.81. The summed E-state index contributed by atoms with van der Waals surface area (Å²) in [5.41, 5.74) is 4.43.